The van der Waals surface area contributed by atoms with Crippen LogP contribution < -0.4 is 10.6 Å². The summed E-state index contributed by atoms with van der Waals surface area (Å²) in [5.41, 5.74) is 2.28. The fourth-order valence-electron chi connectivity index (χ4n) is 2.01. The molecule has 3 aromatic rings. The molecule has 2 heterocycles. The molecule has 0 spiro atoms. The molecule has 0 bridgehead atoms. The zero-order chi connectivity index (χ0) is 16.9. The van der Waals surface area contributed by atoms with Crippen LogP contribution in [0, 0.1) is 6.92 Å². The maximum atomic E-state index is 12.0. The quantitative estimate of drug-likeness (QED) is 0.696. The highest BCUT2D eigenvalue weighted by Gasteiger charge is 2.09. The van der Waals surface area contributed by atoms with Crippen LogP contribution in [0.3, 0.4) is 0 Å². The van der Waals surface area contributed by atoms with Gasteiger partial charge in [0, 0.05) is 10.2 Å². The Kier molecular flexibility index (Phi) is 4.90. The van der Waals surface area contributed by atoms with Crippen LogP contribution in [0.15, 0.2) is 57.6 Å². The number of furan rings is 1. The molecule has 0 saturated carbocycles. The number of halogens is 1. The number of hydrogen-bond acceptors (Lipinski definition) is 5. The van der Waals surface area contributed by atoms with Crippen molar-refractivity contribution in [3.63, 3.8) is 0 Å². The molecule has 0 aliphatic heterocycles. The Morgan fingerprint density at radius 3 is 2.75 bits per heavy atom. The molecule has 24 heavy (non-hydrogen) atoms. The molecule has 0 aliphatic rings. The molecule has 2 aromatic heterocycles. The summed E-state index contributed by atoms with van der Waals surface area (Å²) in [4.78, 5) is 12.0. The number of hydrogen-bond donors (Lipinski definition) is 2. The van der Waals surface area contributed by atoms with E-state index in [9.17, 15) is 4.79 Å². The molecule has 0 radical (unpaired) electrons. The summed E-state index contributed by atoms with van der Waals surface area (Å²) in [6.07, 6.45) is 1.56. The summed E-state index contributed by atoms with van der Waals surface area (Å²) in [6.45, 7) is 2.33. The van der Waals surface area contributed by atoms with Crippen LogP contribution in [0.5, 0.6) is 0 Å². The molecule has 3 rings (SSSR count). The van der Waals surface area contributed by atoms with E-state index in [4.69, 9.17) is 4.42 Å². The Bertz CT molecular complexity index is 832. The molecule has 0 fully saturated rings. The topological polar surface area (TPSA) is 80.0 Å². The van der Waals surface area contributed by atoms with Gasteiger partial charge in [0.15, 0.2) is 11.5 Å². The van der Waals surface area contributed by atoms with Crippen LogP contribution in [0.4, 0.5) is 11.5 Å². The van der Waals surface area contributed by atoms with Gasteiger partial charge in [0.25, 0.3) is 5.91 Å². The van der Waals surface area contributed by atoms with Gasteiger partial charge in [-0.3, -0.25) is 4.79 Å². The number of rotatable bonds is 5. The van der Waals surface area contributed by atoms with Gasteiger partial charge in [-0.25, -0.2) is 0 Å². The average Bonchev–Trinajstić information content (AvgIpc) is 3.10. The lowest BCUT2D eigenvalue weighted by atomic mass is 10.2. The lowest BCUT2D eigenvalue weighted by Gasteiger charge is -2.07. The lowest BCUT2D eigenvalue weighted by Crippen LogP contribution is -2.23. The zero-order valence-corrected chi connectivity index (χ0v) is 14.5. The molecule has 0 unspecified atom stereocenters. The van der Waals surface area contributed by atoms with E-state index in [0.717, 1.165) is 15.7 Å². The first-order valence-electron chi connectivity index (χ1n) is 7.29. The van der Waals surface area contributed by atoms with Crippen molar-refractivity contribution in [1.82, 2.24) is 15.5 Å². The fourth-order valence-corrected chi connectivity index (χ4v) is 2.39. The molecule has 0 aliphatic carbocycles. The van der Waals surface area contributed by atoms with Crippen molar-refractivity contribution in [1.29, 1.82) is 0 Å². The summed E-state index contributed by atoms with van der Waals surface area (Å²) in [5.74, 6) is 0.941. The normalized spacial score (nSPS) is 10.4. The van der Waals surface area contributed by atoms with Crippen molar-refractivity contribution in [2.24, 2.45) is 0 Å². The number of anilines is 2. The van der Waals surface area contributed by atoms with Crippen LogP contribution >= 0.6 is 15.9 Å². The highest BCUT2D eigenvalue weighted by Crippen LogP contribution is 2.22. The first-order chi connectivity index (χ1) is 11.6. The van der Waals surface area contributed by atoms with Crippen molar-refractivity contribution in [2.75, 3.05) is 5.32 Å². The number of benzene rings is 1. The minimum atomic E-state index is -0.302. The van der Waals surface area contributed by atoms with Crippen LogP contribution in [-0.2, 0) is 6.54 Å². The molecular formula is C17H15BrN4O2. The predicted octanol–water partition coefficient (Wildman–Crippen LogP) is 3.81. The molecule has 0 saturated heterocycles. The van der Waals surface area contributed by atoms with Crippen molar-refractivity contribution in [3.05, 3.63) is 70.2 Å². The van der Waals surface area contributed by atoms with E-state index >= 15 is 0 Å². The SMILES string of the molecule is Cc1ccc(Nc2ccc(C(=O)NCc3ccco3)nn2)cc1Br. The Balaban J connectivity index is 1.62. The summed E-state index contributed by atoms with van der Waals surface area (Å²) in [7, 11) is 0. The molecule has 2 N–H and O–H groups in total. The number of aryl methyl sites for hydroxylation is 1. The van der Waals surface area contributed by atoms with Crippen LogP contribution in [0.2, 0.25) is 0 Å². The molecule has 1 aromatic carbocycles. The van der Waals surface area contributed by atoms with Gasteiger partial charge in [-0.15, -0.1) is 10.2 Å². The Hall–Kier alpha value is -2.67. The smallest absolute Gasteiger partial charge is 0.272 e. The summed E-state index contributed by atoms with van der Waals surface area (Å²) in [6, 6.07) is 12.8. The van der Waals surface area contributed by atoms with Crippen LogP contribution in [-0.4, -0.2) is 16.1 Å². The monoisotopic (exact) mass is 386 g/mol. The van der Waals surface area contributed by atoms with Crippen LogP contribution in [0.1, 0.15) is 21.8 Å². The van der Waals surface area contributed by atoms with Crippen molar-refractivity contribution in [2.45, 2.75) is 13.5 Å². The van der Waals surface area contributed by atoms with Gasteiger partial charge in [-0.05, 0) is 48.9 Å². The number of nitrogens with one attached hydrogen (secondary N) is 2. The molecule has 7 heteroatoms. The summed E-state index contributed by atoms with van der Waals surface area (Å²) >= 11 is 3.49. The van der Waals surface area contributed by atoms with Crippen molar-refractivity contribution >= 4 is 33.3 Å². The first kappa shape index (κ1) is 16.2. The second kappa shape index (κ2) is 7.27. The third-order valence-corrected chi connectivity index (χ3v) is 4.20. The van der Waals surface area contributed by atoms with E-state index in [2.05, 4.69) is 36.8 Å². The largest absolute Gasteiger partial charge is 0.467 e. The van der Waals surface area contributed by atoms with E-state index in [0.29, 0.717) is 18.1 Å². The van der Waals surface area contributed by atoms with Gasteiger partial charge in [0.05, 0.1) is 12.8 Å². The van der Waals surface area contributed by atoms with E-state index < -0.39 is 0 Å². The van der Waals surface area contributed by atoms with Crippen molar-refractivity contribution < 1.29 is 9.21 Å². The summed E-state index contributed by atoms with van der Waals surface area (Å²) < 4.78 is 6.17. The second-order valence-electron chi connectivity index (χ2n) is 5.15. The maximum absolute atomic E-state index is 12.0. The Morgan fingerprint density at radius 2 is 2.08 bits per heavy atom. The maximum Gasteiger partial charge on any atom is 0.272 e. The van der Waals surface area contributed by atoms with Crippen LogP contribution in [0.25, 0.3) is 0 Å². The minimum absolute atomic E-state index is 0.247. The third kappa shape index (κ3) is 3.99. The van der Waals surface area contributed by atoms with Crippen molar-refractivity contribution in [3.8, 4) is 0 Å². The molecule has 6 nitrogen and oxygen atoms in total. The average molecular weight is 387 g/mol. The van der Waals surface area contributed by atoms with Gasteiger partial charge in [0.1, 0.15) is 5.76 Å². The van der Waals surface area contributed by atoms with Gasteiger partial charge in [-0.1, -0.05) is 22.0 Å². The van der Waals surface area contributed by atoms with Gasteiger partial charge < -0.3 is 15.1 Å². The molecular weight excluding hydrogens is 372 g/mol. The van der Waals surface area contributed by atoms with E-state index in [1.165, 1.54) is 0 Å². The van der Waals surface area contributed by atoms with E-state index in [-0.39, 0.29) is 11.6 Å². The van der Waals surface area contributed by atoms with Gasteiger partial charge >= 0.3 is 0 Å². The molecule has 122 valence electrons. The number of aromatic nitrogens is 2. The lowest BCUT2D eigenvalue weighted by molar-refractivity contribution is 0.0942. The molecule has 1 amide bonds. The van der Waals surface area contributed by atoms with Gasteiger partial charge in [0.2, 0.25) is 0 Å². The highest BCUT2D eigenvalue weighted by atomic mass is 79.9. The van der Waals surface area contributed by atoms with E-state index in [1.54, 1.807) is 30.5 Å². The Morgan fingerprint density at radius 1 is 1.21 bits per heavy atom. The minimum Gasteiger partial charge on any atom is -0.467 e. The molecule has 0 atom stereocenters. The highest BCUT2D eigenvalue weighted by molar-refractivity contribution is 9.10. The number of amides is 1. The standard InChI is InChI=1S/C17H15BrN4O2/c1-11-4-5-12(9-14(11)18)20-16-7-6-15(21-22-16)17(23)19-10-13-3-2-8-24-13/h2-9H,10H2,1H3,(H,19,23)(H,20,22). The third-order valence-electron chi connectivity index (χ3n) is 3.34. The fraction of sp³-hybridized carbons (Fsp3) is 0.118. The number of nitrogens with zero attached hydrogens (tertiary/aromatic N) is 2. The number of carbonyl (C=O) groups excluding carboxylic acids is 1. The Labute approximate surface area is 147 Å². The predicted molar refractivity (Wildman–Crippen MR) is 94.1 cm³/mol. The first-order valence-corrected chi connectivity index (χ1v) is 8.08. The van der Waals surface area contributed by atoms with E-state index in [1.807, 2.05) is 25.1 Å². The summed E-state index contributed by atoms with van der Waals surface area (Å²) in [5, 5.41) is 13.8. The second-order valence-corrected chi connectivity index (χ2v) is 6.01. The van der Waals surface area contributed by atoms with Gasteiger partial charge in [-0.2, -0.15) is 0 Å². The zero-order valence-electron chi connectivity index (χ0n) is 12.9. The number of carbonyl (C=O) groups is 1.